The summed E-state index contributed by atoms with van der Waals surface area (Å²) in [6.45, 7) is 5.50. The van der Waals surface area contributed by atoms with Gasteiger partial charge in [-0.2, -0.15) is 4.39 Å². The standard InChI is InChI=1S/C8H10FN/c1-3-7-6(2)4-5-8(9)10-7/h3-5,7,10H,1H2,2H3. The zero-order valence-corrected chi connectivity index (χ0v) is 5.89. The molecule has 1 aliphatic heterocycles. The Morgan fingerprint density at radius 2 is 2.40 bits per heavy atom. The van der Waals surface area contributed by atoms with E-state index < -0.39 is 0 Å². The molecule has 1 atom stereocenters. The molecule has 1 heterocycles. The van der Waals surface area contributed by atoms with E-state index in [1.54, 1.807) is 12.2 Å². The number of allylic oxidation sites excluding steroid dienone is 2. The van der Waals surface area contributed by atoms with Gasteiger partial charge in [0.2, 0.25) is 0 Å². The van der Waals surface area contributed by atoms with Gasteiger partial charge in [0.25, 0.3) is 0 Å². The summed E-state index contributed by atoms with van der Waals surface area (Å²) >= 11 is 0. The van der Waals surface area contributed by atoms with E-state index >= 15 is 0 Å². The number of nitrogens with one attached hydrogen (secondary N) is 1. The van der Waals surface area contributed by atoms with Crippen molar-refractivity contribution in [2.75, 3.05) is 0 Å². The van der Waals surface area contributed by atoms with E-state index in [1.165, 1.54) is 6.08 Å². The molecular weight excluding hydrogens is 129 g/mol. The molecule has 1 unspecified atom stereocenters. The largest absolute Gasteiger partial charge is 0.352 e. The molecule has 0 amide bonds. The first-order valence-electron chi connectivity index (χ1n) is 3.17. The molecule has 1 aliphatic rings. The predicted molar refractivity (Wildman–Crippen MR) is 40.1 cm³/mol. The molecule has 2 heteroatoms. The fraction of sp³-hybridized carbons (Fsp3) is 0.250. The van der Waals surface area contributed by atoms with Crippen molar-refractivity contribution in [2.24, 2.45) is 0 Å². The summed E-state index contributed by atoms with van der Waals surface area (Å²) in [5.41, 5.74) is 1.08. The Labute approximate surface area is 59.9 Å². The van der Waals surface area contributed by atoms with E-state index in [-0.39, 0.29) is 12.0 Å². The molecule has 0 aromatic rings. The molecule has 1 rings (SSSR count). The first-order chi connectivity index (χ1) is 4.74. The van der Waals surface area contributed by atoms with Crippen LogP contribution in [0.3, 0.4) is 0 Å². The van der Waals surface area contributed by atoms with Crippen molar-refractivity contribution < 1.29 is 4.39 Å². The van der Waals surface area contributed by atoms with Crippen LogP contribution in [0.25, 0.3) is 0 Å². The normalized spacial score (nSPS) is 24.4. The Morgan fingerprint density at radius 3 is 2.90 bits per heavy atom. The lowest BCUT2D eigenvalue weighted by Crippen LogP contribution is -2.27. The molecule has 1 nitrogen and oxygen atoms in total. The SMILES string of the molecule is C=CC1NC(F)=CC=C1C. The monoisotopic (exact) mass is 139 g/mol. The molecule has 0 aromatic heterocycles. The minimum atomic E-state index is -0.296. The van der Waals surface area contributed by atoms with Crippen molar-refractivity contribution >= 4 is 0 Å². The van der Waals surface area contributed by atoms with Crippen LogP contribution in [-0.4, -0.2) is 6.04 Å². The topological polar surface area (TPSA) is 12.0 Å². The highest BCUT2D eigenvalue weighted by molar-refractivity contribution is 5.27. The molecular formula is C8H10FN. The fourth-order valence-corrected chi connectivity index (χ4v) is 0.864. The van der Waals surface area contributed by atoms with Crippen LogP contribution in [0.2, 0.25) is 0 Å². The van der Waals surface area contributed by atoms with Crippen LogP contribution in [0.4, 0.5) is 4.39 Å². The smallest absolute Gasteiger partial charge is 0.187 e. The average Bonchev–Trinajstić information content (AvgIpc) is 1.94. The lowest BCUT2D eigenvalue weighted by atomic mass is 10.1. The van der Waals surface area contributed by atoms with E-state index in [1.807, 2.05) is 6.92 Å². The summed E-state index contributed by atoms with van der Waals surface area (Å²) in [7, 11) is 0. The van der Waals surface area contributed by atoms with Gasteiger partial charge < -0.3 is 5.32 Å². The maximum atomic E-state index is 12.5. The summed E-state index contributed by atoms with van der Waals surface area (Å²) < 4.78 is 12.5. The minimum Gasteiger partial charge on any atom is -0.352 e. The third-order valence-electron chi connectivity index (χ3n) is 1.51. The predicted octanol–water partition coefficient (Wildman–Crippen LogP) is 1.90. The van der Waals surface area contributed by atoms with Gasteiger partial charge in [0, 0.05) is 0 Å². The van der Waals surface area contributed by atoms with Crippen LogP contribution >= 0.6 is 0 Å². The third-order valence-corrected chi connectivity index (χ3v) is 1.51. The summed E-state index contributed by atoms with van der Waals surface area (Å²) in [4.78, 5) is 0. The van der Waals surface area contributed by atoms with Gasteiger partial charge in [-0.3, -0.25) is 0 Å². The van der Waals surface area contributed by atoms with Crippen LogP contribution in [0.1, 0.15) is 6.92 Å². The molecule has 0 bridgehead atoms. The summed E-state index contributed by atoms with van der Waals surface area (Å²) in [5, 5.41) is 2.62. The van der Waals surface area contributed by atoms with Gasteiger partial charge >= 0.3 is 0 Å². The summed E-state index contributed by atoms with van der Waals surface area (Å²) in [6, 6.07) is -0.0370. The van der Waals surface area contributed by atoms with E-state index in [0.717, 1.165) is 5.57 Å². The maximum Gasteiger partial charge on any atom is 0.187 e. The molecule has 10 heavy (non-hydrogen) atoms. The highest BCUT2D eigenvalue weighted by Gasteiger charge is 2.09. The molecule has 0 radical (unpaired) electrons. The summed E-state index contributed by atoms with van der Waals surface area (Å²) in [6.07, 6.45) is 4.84. The number of halogens is 1. The summed E-state index contributed by atoms with van der Waals surface area (Å²) in [5.74, 6) is -0.296. The number of hydrogen-bond acceptors (Lipinski definition) is 1. The zero-order chi connectivity index (χ0) is 7.56. The number of hydrogen-bond donors (Lipinski definition) is 1. The lowest BCUT2D eigenvalue weighted by molar-refractivity contribution is 0.522. The van der Waals surface area contributed by atoms with E-state index in [2.05, 4.69) is 11.9 Å². The highest BCUT2D eigenvalue weighted by atomic mass is 19.1. The molecule has 0 saturated heterocycles. The van der Waals surface area contributed by atoms with Gasteiger partial charge in [-0.05, 0) is 18.6 Å². The van der Waals surface area contributed by atoms with Crippen LogP contribution in [0.15, 0.2) is 36.3 Å². The molecule has 0 fully saturated rings. The van der Waals surface area contributed by atoms with Crippen molar-refractivity contribution in [3.8, 4) is 0 Å². The van der Waals surface area contributed by atoms with E-state index in [9.17, 15) is 4.39 Å². The number of rotatable bonds is 1. The van der Waals surface area contributed by atoms with Crippen molar-refractivity contribution in [1.82, 2.24) is 5.32 Å². The molecule has 0 spiro atoms. The van der Waals surface area contributed by atoms with E-state index in [4.69, 9.17) is 0 Å². The highest BCUT2D eigenvalue weighted by Crippen LogP contribution is 2.11. The fourth-order valence-electron chi connectivity index (χ4n) is 0.864. The van der Waals surface area contributed by atoms with Crippen LogP contribution in [-0.2, 0) is 0 Å². The van der Waals surface area contributed by atoms with Gasteiger partial charge in [-0.15, -0.1) is 6.58 Å². The zero-order valence-electron chi connectivity index (χ0n) is 5.89. The Morgan fingerprint density at radius 1 is 1.70 bits per heavy atom. The maximum absolute atomic E-state index is 12.5. The van der Waals surface area contributed by atoms with Gasteiger partial charge in [0.1, 0.15) is 0 Å². The number of dihydropyridines is 1. The first-order valence-corrected chi connectivity index (χ1v) is 3.17. The Bertz CT molecular complexity index is 203. The van der Waals surface area contributed by atoms with E-state index in [0.29, 0.717) is 0 Å². The van der Waals surface area contributed by atoms with Gasteiger partial charge in [-0.1, -0.05) is 12.2 Å². The minimum absolute atomic E-state index is 0.0370. The Hall–Kier alpha value is -1.05. The second kappa shape index (κ2) is 2.69. The van der Waals surface area contributed by atoms with Crippen molar-refractivity contribution in [3.63, 3.8) is 0 Å². The third kappa shape index (κ3) is 1.26. The second-order valence-electron chi connectivity index (χ2n) is 2.28. The van der Waals surface area contributed by atoms with Gasteiger partial charge in [0.15, 0.2) is 5.95 Å². The van der Waals surface area contributed by atoms with Crippen LogP contribution in [0, 0.1) is 0 Å². The van der Waals surface area contributed by atoms with Gasteiger partial charge in [0.05, 0.1) is 6.04 Å². The molecule has 54 valence electrons. The molecule has 1 N–H and O–H groups in total. The first kappa shape index (κ1) is 7.06. The molecule has 0 aromatic carbocycles. The molecule has 0 aliphatic carbocycles. The van der Waals surface area contributed by atoms with Crippen molar-refractivity contribution in [1.29, 1.82) is 0 Å². The van der Waals surface area contributed by atoms with Crippen molar-refractivity contribution in [3.05, 3.63) is 36.3 Å². The van der Waals surface area contributed by atoms with Crippen LogP contribution in [0.5, 0.6) is 0 Å². The average molecular weight is 139 g/mol. The second-order valence-corrected chi connectivity index (χ2v) is 2.28. The van der Waals surface area contributed by atoms with Crippen LogP contribution < -0.4 is 5.32 Å². The Kier molecular flexibility index (Phi) is 1.90. The lowest BCUT2D eigenvalue weighted by Gasteiger charge is -2.17. The Balaban J connectivity index is 2.77. The molecule has 0 saturated carbocycles. The van der Waals surface area contributed by atoms with Gasteiger partial charge in [-0.25, -0.2) is 0 Å². The quantitative estimate of drug-likeness (QED) is 0.432. The van der Waals surface area contributed by atoms with Crippen molar-refractivity contribution in [2.45, 2.75) is 13.0 Å².